The fourth-order valence-electron chi connectivity index (χ4n) is 2.33. The molecule has 0 saturated heterocycles. The van der Waals surface area contributed by atoms with Gasteiger partial charge in [0, 0.05) is 5.56 Å². The number of nitrogen functional groups attached to an aromatic ring is 1. The molecular weight excluding hydrogens is 356 g/mol. The first-order chi connectivity index (χ1) is 13.1. The summed E-state index contributed by atoms with van der Waals surface area (Å²) in [5.74, 6) is 0.484. The Morgan fingerprint density at radius 1 is 1.33 bits per heavy atom. The van der Waals surface area contributed by atoms with Crippen LogP contribution < -0.4 is 20.6 Å². The van der Waals surface area contributed by atoms with Crippen LogP contribution >= 0.6 is 0 Å². The molecule has 0 radical (unpaired) electrons. The molecule has 0 spiro atoms. The number of hydrogen-bond acceptors (Lipinski definition) is 10. The molecule has 0 aliphatic carbocycles. The van der Waals surface area contributed by atoms with Crippen LogP contribution in [0.2, 0.25) is 0 Å². The van der Waals surface area contributed by atoms with Gasteiger partial charge in [0.25, 0.3) is 5.91 Å². The zero-order valence-corrected chi connectivity index (χ0v) is 14.7. The molecule has 0 fully saturated rings. The third-order valence-electron chi connectivity index (χ3n) is 3.55. The Labute approximate surface area is 152 Å². The summed E-state index contributed by atoms with van der Waals surface area (Å²) in [5, 5.41) is 18.7. The highest BCUT2D eigenvalue weighted by Gasteiger charge is 2.22. The second kappa shape index (κ2) is 7.51. The number of rotatable bonds is 6. The van der Waals surface area contributed by atoms with Crippen molar-refractivity contribution in [1.82, 2.24) is 30.7 Å². The first-order valence-electron chi connectivity index (χ1n) is 7.62. The fourth-order valence-corrected chi connectivity index (χ4v) is 2.33. The number of hydrogen-bond donors (Lipinski definition) is 2. The third kappa shape index (κ3) is 3.40. The Balaban J connectivity index is 1.83. The first-order valence-corrected chi connectivity index (χ1v) is 7.62. The van der Waals surface area contributed by atoms with Crippen LogP contribution in [0.5, 0.6) is 11.5 Å². The van der Waals surface area contributed by atoms with Crippen LogP contribution in [0.3, 0.4) is 0 Å². The first kappa shape index (κ1) is 17.8. The predicted octanol–water partition coefficient (Wildman–Crippen LogP) is 0.322. The number of carbonyl (C=O) groups excluding carboxylic acids is 1. The smallest absolute Gasteiger partial charge is 0.292 e. The van der Waals surface area contributed by atoms with Crippen LogP contribution in [-0.2, 0) is 0 Å². The molecule has 140 valence electrons. The number of ether oxygens (including phenoxy) is 2. The molecule has 2 heterocycles. The molecule has 0 saturated carbocycles. The number of amides is 1. The van der Waals surface area contributed by atoms with E-state index in [1.54, 1.807) is 25.1 Å². The van der Waals surface area contributed by atoms with Crippen molar-refractivity contribution < 1.29 is 18.9 Å². The van der Waals surface area contributed by atoms with E-state index in [4.69, 9.17) is 15.2 Å². The Hall–Kier alpha value is -3.96. The highest BCUT2D eigenvalue weighted by molar-refractivity contribution is 5.95. The summed E-state index contributed by atoms with van der Waals surface area (Å²) in [4.78, 5) is 12.5. The lowest BCUT2D eigenvalue weighted by Crippen LogP contribution is -2.22. The normalized spacial score (nSPS) is 10.9. The van der Waals surface area contributed by atoms with Crippen molar-refractivity contribution in [3.63, 3.8) is 0 Å². The van der Waals surface area contributed by atoms with E-state index in [0.29, 0.717) is 22.8 Å². The number of aryl methyl sites for hydroxylation is 1. The van der Waals surface area contributed by atoms with Gasteiger partial charge in [-0.3, -0.25) is 4.79 Å². The zero-order chi connectivity index (χ0) is 19.4. The highest BCUT2D eigenvalue weighted by atomic mass is 16.6. The van der Waals surface area contributed by atoms with Crippen molar-refractivity contribution in [3.8, 4) is 17.3 Å². The molecule has 1 aromatic carbocycles. The summed E-state index contributed by atoms with van der Waals surface area (Å²) >= 11 is 0. The molecule has 0 aliphatic rings. The molecule has 3 aromatic rings. The van der Waals surface area contributed by atoms with Crippen molar-refractivity contribution in [3.05, 3.63) is 35.2 Å². The number of benzene rings is 1. The minimum Gasteiger partial charge on any atom is -0.493 e. The van der Waals surface area contributed by atoms with Gasteiger partial charge in [-0.15, -0.1) is 5.10 Å². The van der Waals surface area contributed by atoms with E-state index in [1.165, 1.54) is 20.4 Å². The zero-order valence-electron chi connectivity index (χ0n) is 14.7. The standard InChI is InChI=1S/C15H16N8O4/c1-8-11(23(22-18-8)14-13(16)20-27-21-14)15(24)19-17-7-9-5-4-6-10(25-2)12(9)26-3/h4-7H,1-3H3,(H2,16,20)(H,19,24)/b17-7+. The quantitative estimate of drug-likeness (QED) is 0.459. The SMILES string of the molecule is COc1cccc(/C=N/NC(=O)c2c(C)nnn2-c2nonc2N)c1OC. The average molecular weight is 372 g/mol. The van der Waals surface area contributed by atoms with E-state index in [9.17, 15) is 4.79 Å². The van der Waals surface area contributed by atoms with E-state index in [0.717, 1.165) is 4.68 Å². The van der Waals surface area contributed by atoms with Crippen molar-refractivity contribution in [2.45, 2.75) is 6.92 Å². The number of aromatic nitrogens is 5. The van der Waals surface area contributed by atoms with E-state index in [-0.39, 0.29) is 17.3 Å². The lowest BCUT2D eigenvalue weighted by molar-refractivity contribution is 0.0946. The van der Waals surface area contributed by atoms with Gasteiger partial charge in [0.15, 0.2) is 17.2 Å². The van der Waals surface area contributed by atoms with E-state index >= 15 is 0 Å². The van der Waals surface area contributed by atoms with Crippen LogP contribution in [-0.4, -0.2) is 51.6 Å². The van der Waals surface area contributed by atoms with Crippen LogP contribution in [0.4, 0.5) is 5.82 Å². The number of hydrazone groups is 1. The average Bonchev–Trinajstić information content (AvgIpc) is 3.26. The van der Waals surface area contributed by atoms with Gasteiger partial charge in [-0.25, -0.2) is 10.1 Å². The third-order valence-corrected chi connectivity index (χ3v) is 3.55. The maximum absolute atomic E-state index is 12.5. The molecule has 0 bridgehead atoms. The minimum atomic E-state index is -0.571. The maximum atomic E-state index is 12.5. The van der Waals surface area contributed by atoms with Gasteiger partial charge < -0.3 is 15.2 Å². The van der Waals surface area contributed by atoms with Crippen LogP contribution in [0.15, 0.2) is 27.9 Å². The lowest BCUT2D eigenvalue weighted by atomic mass is 10.2. The Morgan fingerprint density at radius 2 is 2.15 bits per heavy atom. The van der Waals surface area contributed by atoms with E-state index in [1.807, 2.05) is 0 Å². The fraction of sp³-hybridized carbons (Fsp3) is 0.200. The van der Waals surface area contributed by atoms with Gasteiger partial charge in [0.2, 0.25) is 11.6 Å². The topological polar surface area (TPSA) is 156 Å². The molecule has 12 heteroatoms. The molecule has 0 aliphatic heterocycles. The molecule has 2 aromatic heterocycles. The van der Waals surface area contributed by atoms with Crippen molar-refractivity contribution in [2.24, 2.45) is 5.10 Å². The van der Waals surface area contributed by atoms with Crippen molar-refractivity contribution in [1.29, 1.82) is 0 Å². The number of nitrogens with one attached hydrogen (secondary N) is 1. The number of anilines is 1. The number of nitrogens with two attached hydrogens (primary N) is 1. The second-order valence-corrected chi connectivity index (χ2v) is 5.19. The second-order valence-electron chi connectivity index (χ2n) is 5.19. The largest absolute Gasteiger partial charge is 0.493 e. The molecule has 3 N–H and O–H groups in total. The van der Waals surface area contributed by atoms with E-state index < -0.39 is 5.91 Å². The Bertz CT molecular complexity index is 994. The Morgan fingerprint density at radius 3 is 2.81 bits per heavy atom. The van der Waals surface area contributed by atoms with Crippen molar-refractivity contribution >= 4 is 17.9 Å². The molecule has 27 heavy (non-hydrogen) atoms. The summed E-state index contributed by atoms with van der Waals surface area (Å²) in [6, 6.07) is 5.28. The van der Waals surface area contributed by atoms with Gasteiger partial charge in [0.1, 0.15) is 0 Å². The van der Waals surface area contributed by atoms with Gasteiger partial charge in [0.05, 0.1) is 26.1 Å². The van der Waals surface area contributed by atoms with Crippen LogP contribution in [0.1, 0.15) is 21.7 Å². The van der Waals surface area contributed by atoms with Crippen molar-refractivity contribution in [2.75, 3.05) is 20.0 Å². The summed E-state index contributed by atoms with van der Waals surface area (Å²) in [5.41, 5.74) is 9.10. The predicted molar refractivity (Wildman–Crippen MR) is 93.0 cm³/mol. The van der Waals surface area contributed by atoms with Gasteiger partial charge in [-0.05, 0) is 29.4 Å². The summed E-state index contributed by atoms with van der Waals surface area (Å²) in [6.07, 6.45) is 1.43. The summed E-state index contributed by atoms with van der Waals surface area (Å²) in [6.45, 7) is 1.61. The molecule has 0 unspecified atom stereocenters. The molecule has 12 nitrogen and oxygen atoms in total. The monoisotopic (exact) mass is 372 g/mol. The van der Waals surface area contributed by atoms with Gasteiger partial charge in [-0.2, -0.15) is 9.78 Å². The van der Waals surface area contributed by atoms with E-state index in [2.05, 4.69) is 35.8 Å². The maximum Gasteiger partial charge on any atom is 0.292 e. The molecule has 0 atom stereocenters. The minimum absolute atomic E-state index is 0.0291. The van der Waals surface area contributed by atoms with Crippen LogP contribution in [0.25, 0.3) is 5.82 Å². The number of carbonyl (C=O) groups is 1. The summed E-state index contributed by atoms with van der Waals surface area (Å²) < 4.78 is 16.2. The molecule has 3 rings (SSSR count). The van der Waals surface area contributed by atoms with Gasteiger partial charge >= 0.3 is 0 Å². The van der Waals surface area contributed by atoms with Crippen LogP contribution in [0, 0.1) is 6.92 Å². The Kier molecular flexibility index (Phi) is 4.97. The van der Waals surface area contributed by atoms with Gasteiger partial charge in [-0.1, -0.05) is 11.3 Å². The lowest BCUT2D eigenvalue weighted by Gasteiger charge is -2.09. The highest BCUT2D eigenvalue weighted by Crippen LogP contribution is 2.29. The summed E-state index contributed by atoms with van der Waals surface area (Å²) in [7, 11) is 3.04. The number of nitrogens with zero attached hydrogens (tertiary/aromatic N) is 6. The molecule has 1 amide bonds. The number of para-hydroxylation sites is 1. The molecular formula is C15H16N8O4. The number of methoxy groups -OCH3 is 2.